The van der Waals surface area contributed by atoms with Crippen LogP contribution in [0.15, 0.2) is 59.6 Å². The van der Waals surface area contributed by atoms with Gasteiger partial charge in [0, 0.05) is 11.8 Å². The number of sulfone groups is 1. The van der Waals surface area contributed by atoms with Crippen LogP contribution < -0.4 is 0 Å². The van der Waals surface area contributed by atoms with Crippen molar-refractivity contribution in [2.75, 3.05) is 6.26 Å². The van der Waals surface area contributed by atoms with E-state index in [2.05, 4.69) is 4.99 Å². The first-order valence-electron chi connectivity index (χ1n) is 5.60. The van der Waals surface area contributed by atoms with Gasteiger partial charge in [-0.25, -0.2) is 13.4 Å². The van der Waals surface area contributed by atoms with Gasteiger partial charge in [-0.3, -0.25) is 0 Å². The topological polar surface area (TPSA) is 66.7 Å². The number of aliphatic imine (C=N–C) groups is 1. The van der Waals surface area contributed by atoms with E-state index in [1.165, 1.54) is 6.07 Å². The summed E-state index contributed by atoms with van der Waals surface area (Å²) in [5.74, 6) is -0.0559. The number of phenolic OH excluding ortho intramolecular Hbond substituents is 1. The lowest BCUT2D eigenvalue weighted by molar-refractivity contribution is 0.477. The Hall–Kier alpha value is -2.14. The van der Waals surface area contributed by atoms with Gasteiger partial charge in [0.2, 0.25) is 0 Å². The van der Waals surface area contributed by atoms with Crippen LogP contribution in [0.1, 0.15) is 5.56 Å². The molecular formula is C14H13NO3S. The summed E-state index contributed by atoms with van der Waals surface area (Å²) in [5, 5.41) is 9.61. The van der Waals surface area contributed by atoms with E-state index < -0.39 is 9.84 Å². The van der Waals surface area contributed by atoms with E-state index in [1.54, 1.807) is 48.5 Å². The number of para-hydroxylation sites is 2. The van der Waals surface area contributed by atoms with Crippen molar-refractivity contribution in [3.8, 4) is 5.75 Å². The molecule has 5 heteroatoms. The first-order chi connectivity index (χ1) is 8.98. The van der Waals surface area contributed by atoms with E-state index in [0.717, 1.165) is 6.26 Å². The average Bonchev–Trinajstić information content (AvgIpc) is 2.37. The molecule has 98 valence electrons. The molecule has 0 bridgehead atoms. The van der Waals surface area contributed by atoms with Crippen LogP contribution in [-0.4, -0.2) is 24.8 Å². The second kappa shape index (κ2) is 5.24. The predicted octanol–water partition coefficient (Wildman–Crippen LogP) is 2.52. The summed E-state index contributed by atoms with van der Waals surface area (Å²) in [6.07, 6.45) is 1.10. The highest BCUT2D eigenvalue weighted by molar-refractivity contribution is 8.06. The smallest absolute Gasteiger partial charge is 0.193 e. The van der Waals surface area contributed by atoms with Gasteiger partial charge in [-0.05, 0) is 12.1 Å². The molecule has 0 radical (unpaired) electrons. The average molecular weight is 275 g/mol. The fourth-order valence-electron chi connectivity index (χ4n) is 1.61. The van der Waals surface area contributed by atoms with Crippen LogP contribution in [0.4, 0.5) is 5.69 Å². The molecule has 0 aliphatic carbocycles. The van der Waals surface area contributed by atoms with Gasteiger partial charge in [0.25, 0.3) is 0 Å². The number of hydrogen-bond acceptors (Lipinski definition) is 4. The summed E-state index contributed by atoms with van der Waals surface area (Å²) in [6, 6.07) is 15.0. The maximum atomic E-state index is 11.8. The molecule has 1 N–H and O–H groups in total. The fraction of sp³-hybridized carbons (Fsp3) is 0.0714. The number of rotatable bonds is 2. The van der Waals surface area contributed by atoms with Crippen LogP contribution in [0.2, 0.25) is 0 Å². The highest BCUT2D eigenvalue weighted by Crippen LogP contribution is 2.26. The number of phenols is 1. The van der Waals surface area contributed by atoms with Crippen LogP contribution in [0.5, 0.6) is 5.75 Å². The van der Waals surface area contributed by atoms with Crippen molar-refractivity contribution in [1.29, 1.82) is 0 Å². The summed E-state index contributed by atoms with van der Waals surface area (Å²) in [7, 11) is -3.49. The third kappa shape index (κ3) is 3.20. The zero-order valence-corrected chi connectivity index (χ0v) is 11.1. The first kappa shape index (κ1) is 13.3. The maximum absolute atomic E-state index is 11.8. The van der Waals surface area contributed by atoms with Gasteiger partial charge in [0.15, 0.2) is 14.9 Å². The van der Waals surface area contributed by atoms with E-state index in [9.17, 15) is 13.5 Å². The predicted molar refractivity (Wildman–Crippen MR) is 75.6 cm³/mol. The summed E-state index contributed by atoms with van der Waals surface area (Å²) >= 11 is 0. The quantitative estimate of drug-likeness (QED) is 0.676. The van der Waals surface area contributed by atoms with Crippen LogP contribution in [0.3, 0.4) is 0 Å². The first-order valence-corrected chi connectivity index (χ1v) is 7.50. The Morgan fingerprint density at radius 2 is 1.58 bits per heavy atom. The van der Waals surface area contributed by atoms with Crippen molar-refractivity contribution >= 4 is 20.6 Å². The van der Waals surface area contributed by atoms with Gasteiger partial charge >= 0.3 is 0 Å². The highest BCUT2D eigenvalue weighted by atomic mass is 32.2. The van der Waals surface area contributed by atoms with Gasteiger partial charge in [-0.1, -0.05) is 42.5 Å². The number of aromatic hydroxyl groups is 1. The molecule has 0 atom stereocenters. The van der Waals surface area contributed by atoms with Crippen molar-refractivity contribution in [3.63, 3.8) is 0 Å². The molecule has 0 unspecified atom stereocenters. The van der Waals surface area contributed by atoms with Crippen LogP contribution in [0, 0.1) is 0 Å². The number of nitrogens with zero attached hydrogens (tertiary/aromatic N) is 1. The van der Waals surface area contributed by atoms with E-state index in [0.29, 0.717) is 5.56 Å². The van der Waals surface area contributed by atoms with Gasteiger partial charge in [0.05, 0.1) is 0 Å². The summed E-state index contributed by atoms with van der Waals surface area (Å²) < 4.78 is 23.7. The van der Waals surface area contributed by atoms with Gasteiger partial charge < -0.3 is 5.11 Å². The SMILES string of the molecule is CS(=O)(=O)C(=Nc1ccccc1O)c1ccccc1. The molecule has 0 aromatic heterocycles. The third-order valence-corrected chi connectivity index (χ3v) is 3.51. The Bertz CT molecular complexity index is 706. The van der Waals surface area contributed by atoms with Gasteiger partial charge in [0.1, 0.15) is 11.4 Å². The molecule has 0 heterocycles. The number of benzene rings is 2. The lowest BCUT2D eigenvalue weighted by atomic mass is 10.2. The molecule has 0 spiro atoms. The van der Waals surface area contributed by atoms with Gasteiger partial charge in [-0.2, -0.15) is 0 Å². The largest absolute Gasteiger partial charge is 0.506 e. The summed E-state index contributed by atoms with van der Waals surface area (Å²) in [6.45, 7) is 0. The molecule has 2 aromatic carbocycles. The zero-order chi connectivity index (χ0) is 13.9. The van der Waals surface area contributed by atoms with E-state index in [-0.39, 0.29) is 16.5 Å². The Morgan fingerprint density at radius 1 is 1.00 bits per heavy atom. The Labute approximate surface area is 112 Å². The minimum absolute atomic E-state index is 0.0559. The monoisotopic (exact) mass is 275 g/mol. The molecule has 4 nitrogen and oxygen atoms in total. The van der Waals surface area contributed by atoms with E-state index >= 15 is 0 Å². The van der Waals surface area contributed by atoms with E-state index in [1.807, 2.05) is 0 Å². The summed E-state index contributed by atoms with van der Waals surface area (Å²) in [5.41, 5.74) is 0.722. The van der Waals surface area contributed by atoms with Crippen molar-refractivity contribution in [3.05, 3.63) is 60.2 Å². The highest BCUT2D eigenvalue weighted by Gasteiger charge is 2.16. The van der Waals surface area contributed by atoms with Crippen LogP contribution in [-0.2, 0) is 9.84 Å². The molecule has 0 aliphatic rings. The van der Waals surface area contributed by atoms with Crippen LogP contribution >= 0.6 is 0 Å². The normalized spacial score (nSPS) is 12.4. The molecule has 0 saturated heterocycles. The Morgan fingerprint density at radius 3 is 2.16 bits per heavy atom. The zero-order valence-electron chi connectivity index (χ0n) is 10.3. The van der Waals surface area contributed by atoms with E-state index in [4.69, 9.17) is 0 Å². The van der Waals surface area contributed by atoms with Crippen LogP contribution in [0.25, 0.3) is 0 Å². The molecule has 2 rings (SSSR count). The molecule has 2 aromatic rings. The van der Waals surface area contributed by atoms with Crippen molar-refractivity contribution < 1.29 is 13.5 Å². The maximum Gasteiger partial charge on any atom is 0.193 e. The molecule has 0 aliphatic heterocycles. The lowest BCUT2D eigenvalue weighted by Crippen LogP contribution is -2.13. The number of hydrogen-bond donors (Lipinski definition) is 1. The molecular weight excluding hydrogens is 262 g/mol. The standard InChI is InChI=1S/C14H13NO3S/c1-19(17,18)14(11-7-3-2-4-8-11)15-12-9-5-6-10-13(12)16/h2-10,16H,1H3. The fourth-order valence-corrected chi connectivity index (χ4v) is 2.44. The second-order valence-corrected chi connectivity index (χ2v) is 5.97. The van der Waals surface area contributed by atoms with Crippen molar-refractivity contribution in [1.82, 2.24) is 0 Å². The van der Waals surface area contributed by atoms with Crippen molar-refractivity contribution in [2.24, 2.45) is 4.99 Å². The third-order valence-electron chi connectivity index (χ3n) is 2.48. The molecule has 0 fully saturated rings. The Balaban J connectivity index is 2.61. The molecule has 0 amide bonds. The minimum Gasteiger partial charge on any atom is -0.506 e. The minimum atomic E-state index is -3.49. The molecule has 0 saturated carbocycles. The van der Waals surface area contributed by atoms with Gasteiger partial charge in [-0.15, -0.1) is 0 Å². The Kier molecular flexibility index (Phi) is 3.66. The van der Waals surface area contributed by atoms with Crippen molar-refractivity contribution in [2.45, 2.75) is 0 Å². The summed E-state index contributed by atoms with van der Waals surface area (Å²) in [4.78, 5) is 4.08. The lowest BCUT2D eigenvalue weighted by Gasteiger charge is -2.05. The molecule has 19 heavy (non-hydrogen) atoms. The second-order valence-electron chi connectivity index (χ2n) is 4.04.